The van der Waals surface area contributed by atoms with Gasteiger partial charge >= 0.3 is 0 Å². The highest BCUT2D eigenvalue weighted by molar-refractivity contribution is 7.80. The highest BCUT2D eigenvalue weighted by atomic mass is 32.1. The van der Waals surface area contributed by atoms with Crippen LogP contribution in [0.15, 0.2) is 0 Å². The fourth-order valence-corrected chi connectivity index (χ4v) is 3.60. The minimum atomic E-state index is -0.640. The molecule has 4 nitrogen and oxygen atoms in total. The van der Waals surface area contributed by atoms with Gasteiger partial charge in [0.15, 0.2) is 0 Å². The second kappa shape index (κ2) is 8.69. The molecule has 1 amide bonds. The van der Waals surface area contributed by atoms with Gasteiger partial charge in [-0.2, -0.15) is 0 Å². The highest BCUT2D eigenvalue weighted by Crippen LogP contribution is 2.32. The Bertz CT molecular complexity index is 347. The van der Waals surface area contributed by atoms with Crippen molar-refractivity contribution in [3.63, 3.8) is 0 Å². The van der Waals surface area contributed by atoms with Crippen molar-refractivity contribution in [3.05, 3.63) is 0 Å². The monoisotopic (exact) mass is 313 g/mol. The van der Waals surface area contributed by atoms with E-state index in [4.69, 9.17) is 18.0 Å². The van der Waals surface area contributed by atoms with Crippen LogP contribution >= 0.6 is 12.2 Å². The molecule has 1 rings (SSSR count). The standard InChI is InChI=1S/C16H31N3OS/c1-4-8-16(9-5-2,14(17)21)15(20)18(3)12-13-19-10-6-7-11-19/h4-13H2,1-3H3,(H2,17,21). The van der Waals surface area contributed by atoms with Crippen molar-refractivity contribution < 1.29 is 4.79 Å². The summed E-state index contributed by atoms with van der Waals surface area (Å²) in [5, 5.41) is 0. The second-order valence-corrected chi connectivity index (χ2v) is 6.66. The van der Waals surface area contributed by atoms with E-state index in [2.05, 4.69) is 18.7 Å². The lowest BCUT2D eigenvalue weighted by Crippen LogP contribution is -2.50. The minimum Gasteiger partial charge on any atom is -0.392 e. The van der Waals surface area contributed by atoms with E-state index in [1.807, 2.05) is 11.9 Å². The van der Waals surface area contributed by atoms with Crippen molar-refractivity contribution in [2.24, 2.45) is 11.1 Å². The first-order valence-electron chi connectivity index (χ1n) is 8.25. The maximum atomic E-state index is 12.9. The third kappa shape index (κ3) is 4.65. The van der Waals surface area contributed by atoms with Crippen LogP contribution in [0.4, 0.5) is 0 Å². The van der Waals surface area contributed by atoms with Crippen molar-refractivity contribution in [1.82, 2.24) is 9.80 Å². The number of hydrogen-bond donors (Lipinski definition) is 1. The van der Waals surface area contributed by atoms with Gasteiger partial charge in [0.2, 0.25) is 5.91 Å². The maximum absolute atomic E-state index is 12.9. The van der Waals surface area contributed by atoms with Crippen molar-refractivity contribution in [3.8, 4) is 0 Å². The van der Waals surface area contributed by atoms with Crippen LogP contribution in [0.25, 0.3) is 0 Å². The summed E-state index contributed by atoms with van der Waals surface area (Å²) in [6.07, 6.45) is 5.90. The zero-order valence-electron chi connectivity index (χ0n) is 13.9. The van der Waals surface area contributed by atoms with E-state index in [9.17, 15) is 4.79 Å². The molecule has 1 heterocycles. The zero-order valence-corrected chi connectivity index (χ0v) is 14.7. The normalized spacial score (nSPS) is 16.1. The van der Waals surface area contributed by atoms with Gasteiger partial charge in [-0.25, -0.2) is 0 Å². The van der Waals surface area contributed by atoms with Gasteiger partial charge in [0, 0.05) is 20.1 Å². The predicted octanol–water partition coefficient (Wildman–Crippen LogP) is 2.41. The van der Waals surface area contributed by atoms with E-state index < -0.39 is 5.41 Å². The summed E-state index contributed by atoms with van der Waals surface area (Å²) in [5.41, 5.74) is 5.33. The molecule has 1 aliphatic heterocycles. The van der Waals surface area contributed by atoms with Crippen LogP contribution < -0.4 is 5.73 Å². The largest absolute Gasteiger partial charge is 0.392 e. The minimum absolute atomic E-state index is 0.109. The molecule has 21 heavy (non-hydrogen) atoms. The molecule has 122 valence electrons. The number of rotatable bonds is 9. The number of likely N-dealkylation sites (tertiary alicyclic amines) is 1. The lowest BCUT2D eigenvalue weighted by molar-refractivity contribution is -0.137. The maximum Gasteiger partial charge on any atom is 0.235 e. The average molecular weight is 314 g/mol. The summed E-state index contributed by atoms with van der Waals surface area (Å²) >= 11 is 5.27. The number of nitrogens with two attached hydrogens (primary N) is 1. The summed E-state index contributed by atoms with van der Waals surface area (Å²) in [7, 11) is 1.89. The molecule has 0 aromatic rings. The molecule has 0 aliphatic carbocycles. The van der Waals surface area contributed by atoms with Crippen molar-refractivity contribution >= 4 is 23.1 Å². The number of carbonyl (C=O) groups is 1. The molecule has 0 bridgehead atoms. The van der Waals surface area contributed by atoms with E-state index >= 15 is 0 Å². The van der Waals surface area contributed by atoms with E-state index in [0.29, 0.717) is 4.99 Å². The smallest absolute Gasteiger partial charge is 0.235 e. The van der Waals surface area contributed by atoms with Gasteiger partial charge in [-0.15, -0.1) is 0 Å². The molecule has 0 unspecified atom stereocenters. The van der Waals surface area contributed by atoms with Crippen LogP contribution in [0.3, 0.4) is 0 Å². The molecule has 1 saturated heterocycles. The first-order chi connectivity index (χ1) is 9.97. The summed E-state index contributed by atoms with van der Waals surface area (Å²) in [5.74, 6) is 0.109. The Morgan fingerprint density at radius 1 is 1.24 bits per heavy atom. The van der Waals surface area contributed by atoms with Crippen molar-refractivity contribution in [2.75, 3.05) is 33.2 Å². The molecular formula is C16H31N3OS. The third-order valence-corrected chi connectivity index (χ3v) is 4.92. The average Bonchev–Trinajstić information content (AvgIpc) is 2.96. The zero-order chi connectivity index (χ0) is 15.9. The number of nitrogens with zero attached hydrogens (tertiary/aromatic N) is 2. The van der Waals surface area contributed by atoms with Crippen molar-refractivity contribution in [2.45, 2.75) is 52.4 Å². The summed E-state index contributed by atoms with van der Waals surface area (Å²) in [6.45, 7) is 8.20. The quantitative estimate of drug-likeness (QED) is 0.664. The Hall–Kier alpha value is -0.680. The van der Waals surface area contributed by atoms with Gasteiger partial charge in [-0.05, 0) is 38.8 Å². The summed E-state index contributed by atoms with van der Waals surface area (Å²) < 4.78 is 0. The topological polar surface area (TPSA) is 49.6 Å². The lowest BCUT2D eigenvalue weighted by Gasteiger charge is -2.35. The van der Waals surface area contributed by atoms with Crippen LogP contribution in [-0.4, -0.2) is 53.9 Å². The molecule has 0 saturated carbocycles. The number of amides is 1. The molecule has 0 radical (unpaired) electrons. The number of likely N-dealkylation sites (N-methyl/N-ethyl adjacent to an activating group) is 1. The van der Waals surface area contributed by atoms with Gasteiger partial charge in [0.05, 0.1) is 10.4 Å². The van der Waals surface area contributed by atoms with Gasteiger partial charge in [-0.1, -0.05) is 38.9 Å². The van der Waals surface area contributed by atoms with E-state index in [0.717, 1.165) is 51.9 Å². The van der Waals surface area contributed by atoms with E-state index in [1.165, 1.54) is 12.8 Å². The molecule has 0 spiro atoms. The third-order valence-electron chi connectivity index (χ3n) is 4.53. The number of thiocarbonyl (C=S) groups is 1. The van der Waals surface area contributed by atoms with Gasteiger partial charge in [-0.3, -0.25) is 4.79 Å². The van der Waals surface area contributed by atoms with Crippen LogP contribution in [-0.2, 0) is 4.79 Å². The van der Waals surface area contributed by atoms with Crippen LogP contribution in [0, 0.1) is 5.41 Å². The summed E-state index contributed by atoms with van der Waals surface area (Å²) in [6, 6.07) is 0. The van der Waals surface area contributed by atoms with Gasteiger partial charge in [0.1, 0.15) is 0 Å². The Morgan fingerprint density at radius 2 is 1.76 bits per heavy atom. The van der Waals surface area contributed by atoms with Crippen LogP contribution in [0.5, 0.6) is 0 Å². The first-order valence-corrected chi connectivity index (χ1v) is 8.66. The van der Waals surface area contributed by atoms with Gasteiger partial charge in [0.25, 0.3) is 0 Å². The second-order valence-electron chi connectivity index (χ2n) is 6.22. The molecule has 0 atom stereocenters. The number of hydrogen-bond acceptors (Lipinski definition) is 3. The van der Waals surface area contributed by atoms with Crippen LogP contribution in [0.2, 0.25) is 0 Å². The Labute approximate surface area is 135 Å². The molecule has 5 heteroatoms. The molecule has 0 aromatic carbocycles. The Balaban J connectivity index is 2.70. The first kappa shape index (κ1) is 18.4. The fraction of sp³-hybridized carbons (Fsp3) is 0.875. The number of carbonyl (C=O) groups excluding carboxylic acids is 1. The van der Waals surface area contributed by atoms with E-state index in [1.54, 1.807) is 0 Å². The molecule has 2 N–H and O–H groups in total. The molecule has 0 aromatic heterocycles. The molecule has 1 aliphatic rings. The van der Waals surface area contributed by atoms with Crippen molar-refractivity contribution in [1.29, 1.82) is 0 Å². The Kier molecular flexibility index (Phi) is 7.60. The Morgan fingerprint density at radius 3 is 2.19 bits per heavy atom. The fourth-order valence-electron chi connectivity index (χ4n) is 3.31. The van der Waals surface area contributed by atoms with Gasteiger partial charge < -0.3 is 15.5 Å². The molecule has 1 fully saturated rings. The predicted molar refractivity (Wildman–Crippen MR) is 92.3 cm³/mol. The molecular weight excluding hydrogens is 282 g/mol. The summed E-state index contributed by atoms with van der Waals surface area (Å²) in [4.78, 5) is 17.6. The lowest BCUT2D eigenvalue weighted by atomic mass is 9.77. The van der Waals surface area contributed by atoms with E-state index in [-0.39, 0.29) is 5.91 Å². The SMILES string of the molecule is CCCC(CCC)(C(=O)N(C)CCN1CCCC1)C(N)=S. The van der Waals surface area contributed by atoms with Crippen LogP contribution in [0.1, 0.15) is 52.4 Å². The highest BCUT2D eigenvalue weighted by Gasteiger charge is 2.41.